The summed E-state index contributed by atoms with van der Waals surface area (Å²) in [4.78, 5) is 10.1. The summed E-state index contributed by atoms with van der Waals surface area (Å²) < 4.78 is 26.4. The molecule has 0 saturated heterocycles. The molecule has 0 amide bonds. The molecule has 5 heteroatoms. The molecule has 0 unspecified atom stereocenters. The zero-order valence-electron chi connectivity index (χ0n) is 6.80. The summed E-state index contributed by atoms with van der Waals surface area (Å²) in [6, 6.07) is 2.12. The molecular weight excluding hydrogens is 258 g/mol. The van der Waals surface area contributed by atoms with E-state index in [-0.39, 0.29) is 10.0 Å². The van der Waals surface area contributed by atoms with Crippen LogP contribution in [0.5, 0.6) is 0 Å². The minimum atomic E-state index is -1.26. The normalized spacial score (nSPS) is 10.8. The van der Waals surface area contributed by atoms with Gasteiger partial charge in [-0.1, -0.05) is 15.9 Å². The van der Waals surface area contributed by atoms with Gasteiger partial charge >= 0.3 is 5.97 Å². The Morgan fingerprint density at radius 1 is 1.36 bits per heavy atom. The van der Waals surface area contributed by atoms with Crippen molar-refractivity contribution in [1.82, 2.24) is 0 Å². The Hall–Kier alpha value is -1.23. The number of halogens is 3. The Bertz CT molecular complexity index is 379. The van der Waals surface area contributed by atoms with Crippen LogP contribution in [0.2, 0.25) is 0 Å². The van der Waals surface area contributed by atoms with E-state index in [4.69, 9.17) is 5.11 Å². The molecule has 0 aromatic heterocycles. The minimum absolute atomic E-state index is 0.264. The lowest BCUT2D eigenvalue weighted by molar-refractivity contribution is -0.131. The third-order valence-electron chi connectivity index (χ3n) is 1.44. The van der Waals surface area contributed by atoms with Crippen LogP contribution >= 0.6 is 15.9 Å². The molecule has 0 aliphatic rings. The Morgan fingerprint density at radius 3 is 2.29 bits per heavy atom. The molecule has 0 aliphatic carbocycles. The molecule has 1 rings (SSSR count). The van der Waals surface area contributed by atoms with Crippen molar-refractivity contribution in [3.8, 4) is 0 Å². The Morgan fingerprint density at radius 2 is 1.86 bits per heavy atom. The van der Waals surface area contributed by atoms with Gasteiger partial charge in [-0.3, -0.25) is 0 Å². The third-order valence-corrected chi connectivity index (χ3v) is 1.89. The van der Waals surface area contributed by atoms with E-state index in [2.05, 4.69) is 15.9 Å². The van der Waals surface area contributed by atoms with Crippen LogP contribution in [-0.4, -0.2) is 11.1 Å². The van der Waals surface area contributed by atoms with E-state index < -0.39 is 17.6 Å². The van der Waals surface area contributed by atoms with Gasteiger partial charge in [0.25, 0.3) is 0 Å². The van der Waals surface area contributed by atoms with Gasteiger partial charge in [-0.15, -0.1) is 0 Å². The van der Waals surface area contributed by atoms with Crippen molar-refractivity contribution < 1.29 is 18.7 Å². The first-order valence-electron chi connectivity index (χ1n) is 3.56. The van der Waals surface area contributed by atoms with Gasteiger partial charge in [-0.05, 0) is 18.2 Å². The van der Waals surface area contributed by atoms with Gasteiger partial charge in [0.15, 0.2) is 0 Å². The lowest BCUT2D eigenvalue weighted by atomic mass is 10.2. The van der Waals surface area contributed by atoms with E-state index in [1.165, 1.54) is 0 Å². The van der Waals surface area contributed by atoms with Crippen LogP contribution in [0.4, 0.5) is 8.78 Å². The Kier molecular flexibility index (Phi) is 3.35. The maximum Gasteiger partial charge on any atom is 0.328 e. The largest absolute Gasteiger partial charge is 0.478 e. The van der Waals surface area contributed by atoms with Gasteiger partial charge in [0, 0.05) is 16.1 Å². The standard InChI is InChI=1S/C9H5BrF2O2/c10-5-3-7(11)6(8(12)4-5)1-2-9(13)14/h1-4H,(H,13,14)/b2-1+. The fraction of sp³-hybridized carbons (Fsp3) is 0. The summed E-state index contributed by atoms with van der Waals surface area (Å²) in [5, 5.41) is 8.27. The highest BCUT2D eigenvalue weighted by Gasteiger charge is 2.07. The number of hydrogen-bond donors (Lipinski definition) is 1. The lowest BCUT2D eigenvalue weighted by Crippen LogP contribution is -1.91. The number of benzene rings is 1. The van der Waals surface area contributed by atoms with E-state index in [1.807, 2.05) is 0 Å². The first kappa shape index (κ1) is 10.8. The molecule has 0 bridgehead atoms. The molecule has 0 spiro atoms. The fourth-order valence-electron chi connectivity index (χ4n) is 0.867. The molecule has 0 heterocycles. The second-order valence-electron chi connectivity index (χ2n) is 2.45. The zero-order valence-corrected chi connectivity index (χ0v) is 8.38. The molecule has 1 aromatic carbocycles. The number of rotatable bonds is 2. The molecule has 0 radical (unpaired) electrons. The molecule has 0 aliphatic heterocycles. The highest BCUT2D eigenvalue weighted by Crippen LogP contribution is 2.20. The van der Waals surface area contributed by atoms with Gasteiger partial charge in [0.05, 0.1) is 0 Å². The van der Waals surface area contributed by atoms with Crippen molar-refractivity contribution in [3.63, 3.8) is 0 Å². The van der Waals surface area contributed by atoms with Crippen molar-refractivity contribution in [2.75, 3.05) is 0 Å². The van der Waals surface area contributed by atoms with Gasteiger partial charge in [0.1, 0.15) is 11.6 Å². The molecule has 1 aromatic rings. The van der Waals surface area contributed by atoms with E-state index in [1.54, 1.807) is 0 Å². The first-order valence-corrected chi connectivity index (χ1v) is 4.35. The van der Waals surface area contributed by atoms with Crippen LogP contribution in [0.15, 0.2) is 22.7 Å². The summed E-state index contributed by atoms with van der Waals surface area (Å²) in [5.74, 6) is -2.88. The van der Waals surface area contributed by atoms with Crippen molar-refractivity contribution in [2.24, 2.45) is 0 Å². The van der Waals surface area contributed by atoms with Crippen LogP contribution < -0.4 is 0 Å². The van der Waals surface area contributed by atoms with E-state index >= 15 is 0 Å². The van der Waals surface area contributed by atoms with Gasteiger partial charge in [0.2, 0.25) is 0 Å². The van der Waals surface area contributed by atoms with E-state index in [9.17, 15) is 13.6 Å². The minimum Gasteiger partial charge on any atom is -0.478 e. The average Bonchev–Trinajstić information content (AvgIpc) is 2.01. The Balaban J connectivity index is 3.15. The van der Waals surface area contributed by atoms with Crippen LogP contribution in [0.3, 0.4) is 0 Å². The van der Waals surface area contributed by atoms with Crippen molar-refractivity contribution in [1.29, 1.82) is 0 Å². The van der Waals surface area contributed by atoms with Gasteiger partial charge in [-0.2, -0.15) is 0 Å². The van der Waals surface area contributed by atoms with Crippen molar-refractivity contribution in [3.05, 3.63) is 39.9 Å². The maximum absolute atomic E-state index is 13.0. The number of carbonyl (C=O) groups is 1. The number of aliphatic carboxylic acids is 1. The molecule has 2 nitrogen and oxygen atoms in total. The number of carboxylic acids is 1. The van der Waals surface area contributed by atoms with Crippen molar-refractivity contribution >= 4 is 28.0 Å². The quantitative estimate of drug-likeness (QED) is 0.833. The topological polar surface area (TPSA) is 37.3 Å². The predicted octanol–water partition coefficient (Wildman–Crippen LogP) is 2.83. The summed E-state index contributed by atoms with van der Waals surface area (Å²) in [7, 11) is 0. The zero-order chi connectivity index (χ0) is 10.7. The first-order chi connectivity index (χ1) is 6.50. The van der Waals surface area contributed by atoms with Crippen LogP contribution in [-0.2, 0) is 4.79 Å². The molecule has 0 fully saturated rings. The highest BCUT2D eigenvalue weighted by atomic mass is 79.9. The average molecular weight is 263 g/mol. The number of hydrogen-bond acceptors (Lipinski definition) is 1. The molecular formula is C9H5BrF2O2. The smallest absolute Gasteiger partial charge is 0.328 e. The van der Waals surface area contributed by atoms with Gasteiger partial charge in [-0.25, -0.2) is 13.6 Å². The molecule has 0 atom stereocenters. The summed E-state index contributed by atoms with van der Waals surface area (Å²) in [6.07, 6.45) is 1.55. The molecule has 14 heavy (non-hydrogen) atoms. The van der Waals surface area contributed by atoms with Crippen LogP contribution in [0.25, 0.3) is 6.08 Å². The van der Waals surface area contributed by atoms with Gasteiger partial charge < -0.3 is 5.11 Å². The number of carboxylic acid groups (broad SMARTS) is 1. The maximum atomic E-state index is 13.0. The van der Waals surface area contributed by atoms with Crippen LogP contribution in [0.1, 0.15) is 5.56 Å². The lowest BCUT2D eigenvalue weighted by Gasteiger charge is -1.99. The predicted molar refractivity (Wildman–Crippen MR) is 50.7 cm³/mol. The molecule has 0 saturated carbocycles. The summed E-state index contributed by atoms with van der Waals surface area (Å²) in [5.41, 5.74) is -0.365. The van der Waals surface area contributed by atoms with Crippen LogP contribution in [0, 0.1) is 11.6 Å². The third kappa shape index (κ3) is 2.63. The second-order valence-corrected chi connectivity index (χ2v) is 3.37. The molecule has 1 N–H and O–H groups in total. The summed E-state index contributed by atoms with van der Waals surface area (Å²) >= 11 is 2.91. The summed E-state index contributed by atoms with van der Waals surface area (Å²) in [6.45, 7) is 0. The van der Waals surface area contributed by atoms with E-state index in [0.717, 1.165) is 18.2 Å². The highest BCUT2D eigenvalue weighted by molar-refractivity contribution is 9.10. The Labute approximate surface area is 87.0 Å². The van der Waals surface area contributed by atoms with Crippen molar-refractivity contribution in [2.45, 2.75) is 0 Å². The monoisotopic (exact) mass is 262 g/mol. The fourth-order valence-corrected chi connectivity index (χ4v) is 1.27. The molecule has 74 valence electrons. The van der Waals surface area contributed by atoms with E-state index in [0.29, 0.717) is 6.08 Å². The second kappa shape index (κ2) is 4.32. The SMILES string of the molecule is O=C(O)/C=C/c1c(F)cc(Br)cc1F.